The summed E-state index contributed by atoms with van der Waals surface area (Å²) in [4.78, 5) is 0. The second kappa shape index (κ2) is 42.5. The Morgan fingerprint density at radius 2 is 1.20 bits per heavy atom. The number of hydrogen-bond acceptors (Lipinski definition) is 1. The Labute approximate surface area is 69.4 Å². The van der Waals surface area contributed by atoms with Gasteiger partial charge in [-0.2, -0.15) is 0 Å². The van der Waals surface area contributed by atoms with Gasteiger partial charge >= 0.3 is 0 Å². The molecule has 0 atom stereocenters. The van der Waals surface area contributed by atoms with Crippen molar-refractivity contribution in [2.75, 3.05) is 0 Å². The van der Waals surface area contributed by atoms with E-state index in [1.54, 1.807) is 0 Å². The van der Waals surface area contributed by atoms with E-state index in [1.807, 2.05) is 0 Å². The Balaban J connectivity index is -0.00000000167. The van der Waals surface area contributed by atoms with Gasteiger partial charge in [-0.05, 0) is 0 Å². The Morgan fingerprint density at radius 3 is 1.20 bits per heavy atom. The first-order chi connectivity index (χ1) is 1.00. The topological polar surface area (TPSA) is 17.1 Å². The molecule has 0 amide bonds. The van der Waals surface area contributed by atoms with Crippen LogP contribution < -0.4 is 0 Å². The molecule has 5 heteroatoms. The first-order valence-electron chi connectivity index (χ1n) is 0.289. The fourth-order valence-electron chi connectivity index (χ4n) is 0. The van der Waals surface area contributed by atoms with Gasteiger partial charge in [0.2, 0.25) is 10.1 Å². The standard InChI is InChI=1S/Co.Cr.H2OSi.Pt/c;;1-2;/h;;2H2;. The van der Waals surface area contributed by atoms with E-state index >= 15 is 0 Å². The monoisotopic (exact) mass is 352 g/mol. The zero-order valence-electron chi connectivity index (χ0n) is 2.17. The van der Waals surface area contributed by atoms with Gasteiger partial charge in [-0.25, -0.2) is 0 Å². The molecule has 0 heterocycles. The molecule has 0 aliphatic heterocycles. The van der Waals surface area contributed by atoms with Gasteiger partial charge in [-0.3, -0.25) is 0 Å². The molecule has 0 aliphatic rings. The van der Waals surface area contributed by atoms with Gasteiger partial charge in [0.1, 0.15) is 0 Å². The maximum absolute atomic E-state index is 8.28. The molecule has 5 heavy (non-hydrogen) atoms. The van der Waals surface area contributed by atoms with E-state index in [2.05, 4.69) is 0 Å². The summed E-state index contributed by atoms with van der Waals surface area (Å²) in [5.74, 6) is 0. The quantitative estimate of drug-likeness (QED) is 0.509. The SMILES string of the molecule is O=[SiH2].[Co].[Cr].[Pt]. The summed E-state index contributed by atoms with van der Waals surface area (Å²) in [6.45, 7) is 0. The van der Waals surface area contributed by atoms with Gasteiger partial charge in [0, 0.05) is 55.2 Å². The molecule has 37 valence electrons. The van der Waals surface area contributed by atoms with E-state index in [-0.39, 0.29) is 55.2 Å². The number of hydrogen-bond donors (Lipinski definition) is 0. The van der Waals surface area contributed by atoms with Crippen LogP contribution in [0.1, 0.15) is 0 Å². The molecule has 0 aliphatic carbocycles. The van der Waals surface area contributed by atoms with Crippen molar-refractivity contribution in [1.29, 1.82) is 0 Å². The number of rotatable bonds is 0. The van der Waals surface area contributed by atoms with Gasteiger partial charge in [0.15, 0.2) is 0 Å². The van der Waals surface area contributed by atoms with Crippen LogP contribution in [0.3, 0.4) is 0 Å². The van der Waals surface area contributed by atoms with Crippen LogP contribution in [0, 0.1) is 0 Å². The molecule has 0 saturated carbocycles. The first-order valence-corrected chi connectivity index (χ1v) is 0.866. The van der Waals surface area contributed by atoms with E-state index in [0.29, 0.717) is 10.1 Å². The summed E-state index contributed by atoms with van der Waals surface area (Å²) in [6.07, 6.45) is 0. The third kappa shape index (κ3) is 26.5. The molecule has 0 spiro atoms. The average molecular weight is 352 g/mol. The van der Waals surface area contributed by atoms with Crippen molar-refractivity contribution in [2.24, 2.45) is 0 Å². The smallest absolute Gasteiger partial charge is 0.245 e. The van der Waals surface area contributed by atoms with Crippen LogP contribution in [0.15, 0.2) is 0 Å². The molecule has 0 N–H and O–H groups in total. The van der Waals surface area contributed by atoms with E-state index < -0.39 is 0 Å². The minimum absolute atomic E-state index is 0. The predicted molar refractivity (Wildman–Crippen MR) is 9.23 cm³/mol. The van der Waals surface area contributed by atoms with Crippen molar-refractivity contribution >= 4 is 10.1 Å². The minimum atomic E-state index is 0. The summed E-state index contributed by atoms with van der Waals surface area (Å²) >= 11 is 0. The predicted octanol–water partition coefficient (Wildman–Crippen LogP) is -1.04. The van der Waals surface area contributed by atoms with Crippen LogP contribution in [0.25, 0.3) is 0 Å². The van der Waals surface area contributed by atoms with Gasteiger partial charge in [-0.1, -0.05) is 0 Å². The van der Waals surface area contributed by atoms with Gasteiger partial charge in [-0.15, -0.1) is 0 Å². The molecular formula is H2CoCrOPtSi. The third-order valence-corrected chi connectivity index (χ3v) is 0. The van der Waals surface area contributed by atoms with E-state index in [9.17, 15) is 0 Å². The Bertz CT molecular complexity index is 11.6. The minimum Gasteiger partial charge on any atom is -0.396 e. The zero-order valence-corrected chi connectivity index (χ0v) is 8.18. The first kappa shape index (κ1) is 29.6. The Kier molecular flexibility index (Phi) is 251. The largest absolute Gasteiger partial charge is 0.396 e. The second-order valence-electron chi connectivity index (χ2n) is 0. The van der Waals surface area contributed by atoms with Crippen molar-refractivity contribution in [3.8, 4) is 0 Å². The Morgan fingerprint density at radius 1 is 1.20 bits per heavy atom. The molecule has 0 rings (SSSR count). The normalized spacial score (nSPS) is 0.800. The second-order valence-corrected chi connectivity index (χ2v) is 0. The zero-order chi connectivity index (χ0) is 2.00. The van der Waals surface area contributed by atoms with E-state index in [1.165, 1.54) is 0 Å². The molecular weight excluding hydrogens is 350 g/mol. The van der Waals surface area contributed by atoms with Crippen LogP contribution >= 0.6 is 0 Å². The van der Waals surface area contributed by atoms with Gasteiger partial charge in [0.05, 0.1) is 0 Å². The van der Waals surface area contributed by atoms with Crippen LogP contribution in [0.4, 0.5) is 0 Å². The van der Waals surface area contributed by atoms with Crippen molar-refractivity contribution < 1.29 is 59.7 Å². The maximum atomic E-state index is 8.28. The maximum Gasteiger partial charge on any atom is 0.245 e. The molecule has 0 unspecified atom stereocenters. The summed E-state index contributed by atoms with van der Waals surface area (Å²) in [7, 11) is 0.611. The van der Waals surface area contributed by atoms with Crippen molar-refractivity contribution in [2.45, 2.75) is 0 Å². The summed E-state index contributed by atoms with van der Waals surface area (Å²) in [5.41, 5.74) is 0. The molecule has 0 saturated heterocycles. The van der Waals surface area contributed by atoms with Crippen LogP contribution in [0.2, 0.25) is 0 Å². The molecule has 0 aromatic rings. The Hall–Kier alpha value is 1.74. The molecule has 0 fully saturated rings. The van der Waals surface area contributed by atoms with E-state index in [0.717, 1.165) is 0 Å². The summed E-state index contributed by atoms with van der Waals surface area (Å²) in [6, 6.07) is 0. The van der Waals surface area contributed by atoms with Gasteiger partial charge < -0.3 is 4.46 Å². The molecule has 0 aromatic heterocycles. The third-order valence-electron chi connectivity index (χ3n) is 0. The van der Waals surface area contributed by atoms with E-state index in [4.69, 9.17) is 4.46 Å². The summed E-state index contributed by atoms with van der Waals surface area (Å²) < 4.78 is 8.28. The molecule has 0 bridgehead atoms. The summed E-state index contributed by atoms with van der Waals surface area (Å²) in [5, 5.41) is 0. The molecule has 0 aromatic carbocycles. The fraction of sp³-hybridized carbons (Fsp3) is 0. The fourth-order valence-corrected chi connectivity index (χ4v) is 0. The van der Waals surface area contributed by atoms with Crippen LogP contribution in [0.5, 0.6) is 0 Å². The van der Waals surface area contributed by atoms with Crippen molar-refractivity contribution in [3.05, 3.63) is 0 Å². The van der Waals surface area contributed by atoms with Crippen molar-refractivity contribution in [3.63, 3.8) is 0 Å². The van der Waals surface area contributed by atoms with Crippen molar-refractivity contribution in [1.82, 2.24) is 0 Å². The molecule has 1 radical (unpaired) electrons. The van der Waals surface area contributed by atoms with Crippen LogP contribution in [-0.4, -0.2) is 10.1 Å². The molecule has 1 nitrogen and oxygen atoms in total. The van der Waals surface area contributed by atoms with Gasteiger partial charge in [0.25, 0.3) is 0 Å². The van der Waals surface area contributed by atoms with Crippen LogP contribution in [-0.2, 0) is 59.7 Å². The average Bonchev–Trinajstić information content (AvgIpc) is 1.00.